The highest BCUT2D eigenvalue weighted by atomic mass is 16.5. The van der Waals surface area contributed by atoms with Crippen molar-refractivity contribution in [3.63, 3.8) is 0 Å². The first-order valence-corrected chi connectivity index (χ1v) is 5.63. The first-order valence-electron chi connectivity index (χ1n) is 5.63. The molecule has 1 rings (SSSR count). The molecule has 1 unspecified atom stereocenters. The zero-order chi connectivity index (χ0) is 12.0. The van der Waals surface area contributed by atoms with E-state index in [-0.39, 0.29) is 0 Å². The van der Waals surface area contributed by atoms with E-state index in [4.69, 9.17) is 9.47 Å². The SMILES string of the molecule is CCC(CNC)c1ccc(OC)cc1OC. The van der Waals surface area contributed by atoms with Crippen LogP contribution in [0.1, 0.15) is 24.8 Å². The predicted octanol–water partition coefficient (Wildman–Crippen LogP) is 2.42. The van der Waals surface area contributed by atoms with E-state index < -0.39 is 0 Å². The fraction of sp³-hybridized carbons (Fsp3) is 0.538. The standard InChI is InChI=1S/C13H21NO2/c1-5-10(9-14-2)12-7-6-11(15-3)8-13(12)16-4/h6-8,10,14H,5,9H2,1-4H3. The van der Waals surface area contributed by atoms with Crippen LogP contribution in [0.15, 0.2) is 18.2 Å². The zero-order valence-corrected chi connectivity index (χ0v) is 10.5. The van der Waals surface area contributed by atoms with Crippen molar-refractivity contribution >= 4 is 0 Å². The number of benzene rings is 1. The van der Waals surface area contributed by atoms with Crippen molar-refractivity contribution in [2.45, 2.75) is 19.3 Å². The topological polar surface area (TPSA) is 30.5 Å². The molecule has 0 heterocycles. The second-order valence-corrected chi connectivity index (χ2v) is 3.77. The van der Waals surface area contributed by atoms with E-state index in [2.05, 4.69) is 18.3 Å². The van der Waals surface area contributed by atoms with Gasteiger partial charge in [0.15, 0.2) is 0 Å². The normalized spacial score (nSPS) is 12.2. The van der Waals surface area contributed by atoms with Crippen LogP contribution in [-0.4, -0.2) is 27.8 Å². The molecule has 0 saturated carbocycles. The third-order valence-electron chi connectivity index (χ3n) is 2.82. The van der Waals surface area contributed by atoms with Gasteiger partial charge in [0.2, 0.25) is 0 Å². The fourth-order valence-electron chi connectivity index (χ4n) is 1.88. The Morgan fingerprint density at radius 1 is 1.25 bits per heavy atom. The second-order valence-electron chi connectivity index (χ2n) is 3.77. The lowest BCUT2D eigenvalue weighted by atomic mass is 9.95. The zero-order valence-electron chi connectivity index (χ0n) is 10.5. The Morgan fingerprint density at radius 2 is 2.00 bits per heavy atom. The average molecular weight is 223 g/mol. The van der Waals surface area contributed by atoms with Crippen molar-refractivity contribution in [3.05, 3.63) is 23.8 Å². The number of methoxy groups -OCH3 is 2. The van der Waals surface area contributed by atoms with Crippen LogP contribution in [0.4, 0.5) is 0 Å². The number of ether oxygens (including phenoxy) is 2. The molecule has 0 aliphatic rings. The fourth-order valence-corrected chi connectivity index (χ4v) is 1.88. The molecule has 0 bridgehead atoms. The molecular weight excluding hydrogens is 202 g/mol. The Bertz CT molecular complexity index is 326. The summed E-state index contributed by atoms with van der Waals surface area (Å²) in [6.07, 6.45) is 1.09. The number of hydrogen-bond donors (Lipinski definition) is 1. The van der Waals surface area contributed by atoms with Crippen LogP contribution in [0.2, 0.25) is 0 Å². The van der Waals surface area contributed by atoms with Gasteiger partial charge < -0.3 is 14.8 Å². The molecule has 1 aromatic carbocycles. The van der Waals surface area contributed by atoms with Crippen molar-refractivity contribution in [2.75, 3.05) is 27.8 Å². The minimum atomic E-state index is 0.478. The van der Waals surface area contributed by atoms with Crippen molar-refractivity contribution in [1.29, 1.82) is 0 Å². The number of nitrogens with one attached hydrogen (secondary N) is 1. The first kappa shape index (κ1) is 12.8. The summed E-state index contributed by atoms with van der Waals surface area (Å²) in [5.41, 5.74) is 1.24. The van der Waals surface area contributed by atoms with E-state index >= 15 is 0 Å². The summed E-state index contributed by atoms with van der Waals surface area (Å²) in [5, 5.41) is 3.21. The van der Waals surface area contributed by atoms with Crippen LogP contribution in [0.3, 0.4) is 0 Å². The molecule has 0 aliphatic carbocycles. The lowest BCUT2D eigenvalue weighted by Crippen LogP contribution is -2.17. The highest BCUT2D eigenvalue weighted by Gasteiger charge is 2.14. The molecule has 0 aliphatic heterocycles. The molecule has 0 radical (unpaired) electrons. The van der Waals surface area contributed by atoms with Gasteiger partial charge in [-0.05, 0) is 31.0 Å². The van der Waals surface area contributed by atoms with Crippen LogP contribution in [0.25, 0.3) is 0 Å². The molecule has 0 fully saturated rings. The van der Waals surface area contributed by atoms with Gasteiger partial charge >= 0.3 is 0 Å². The van der Waals surface area contributed by atoms with E-state index in [0.717, 1.165) is 24.5 Å². The first-order chi connectivity index (χ1) is 7.76. The molecule has 1 N–H and O–H groups in total. The molecule has 16 heavy (non-hydrogen) atoms. The second kappa shape index (κ2) is 6.38. The summed E-state index contributed by atoms with van der Waals surface area (Å²) in [7, 11) is 5.34. The van der Waals surface area contributed by atoms with Gasteiger partial charge in [0.1, 0.15) is 11.5 Å². The highest BCUT2D eigenvalue weighted by Crippen LogP contribution is 2.31. The van der Waals surface area contributed by atoms with Crippen molar-refractivity contribution < 1.29 is 9.47 Å². The third kappa shape index (κ3) is 2.89. The number of rotatable bonds is 6. The maximum absolute atomic E-state index is 5.41. The van der Waals surface area contributed by atoms with Crippen LogP contribution in [0, 0.1) is 0 Å². The molecule has 0 saturated heterocycles. The van der Waals surface area contributed by atoms with Gasteiger partial charge in [-0.1, -0.05) is 13.0 Å². The Kier molecular flexibility index (Phi) is 5.12. The quantitative estimate of drug-likeness (QED) is 0.803. The van der Waals surface area contributed by atoms with Crippen LogP contribution in [-0.2, 0) is 0 Å². The highest BCUT2D eigenvalue weighted by molar-refractivity contribution is 5.42. The maximum atomic E-state index is 5.41. The maximum Gasteiger partial charge on any atom is 0.126 e. The molecule has 3 nitrogen and oxygen atoms in total. The van der Waals surface area contributed by atoms with Crippen LogP contribution < -0.4 is 14.8 Å². The molecule has 90 valence electrons. The summed E-state index contributed by atoms with van der Waals surface area (Å²) in [6, 6.07) is 6.01. The molecule has 0 aromatic heterocycles. The predicted molar refractivity (Wildman–Crippen MR) is 66.5 cm³/mol. The average Bonchev–Trinajstić information content (AvgIpc) is 2.35. The minimum Gasteiger partial charge on any atom is -0.497 e. The van der Waals surface area contributed by atoms with Gasteiger partial charge in [-0.2, -0.15) is 0 Å². The van der Waals surface area contributed by atoms with E-state index in [0.29, 0.717) is 5.92 Å². The monoisotopic (exact) mass is 223 g/mol. The summed E-state index contributed by atoms with van der Waals surface area (Å²) in [5.74, 6) is 2.22. The van der Waals surface area contributed by atoms with Gasteiger partial charge in [0.05, 0.1) is 14.2 Å². The van der Waals surface area contributed by atoms with Crippen molar-refractivity contribution in [2.24, 2.45) is 0 Å². The van der Waals surface area contributed by atoms with Gasteiger partial charge in [-0.15, -0.1) is 0 Å². The largest absolute Gasteiger partial charge is 0.497 e. The van der Waals surface area contributed by atoms with E-state index in [9.17, 15) is 0 Å². The summed E-state index contributed by atoms with van der Waals surface area (Å²) in [4.78, 5) is 0. The summed E-state index contributed by atoms with van der Waals surface area (Å²) >= 11 is 0. The molecular formula is C13H21NO2. The summed E-state index contributed by atoms with van der Waals surface area (Å²) < 4.78 is 10.6. The van der Waals surface area contributed by atoms with Gasteiger partial charge in [0.25, 0.3) is 0 Å². The van der Waals surface area contributed by atoms with Crippen LogP contribution >= 0.6 is 0 Å². The van der Waals surface area contributed by atoms with E-state index in [1.165, 1.54) is 5.56 Å². The third-order valence-corrected chi connectivity index (χ3v) is 2.82. The molecule has 0 spiro atoms. The Balaban J connectivity index is 3.01. The Hall–Kier alpha value is -1.22. The minimum absolute atomic E-state index is 0.478. The van der Waals surface area contributed by atoms with Crippen molar-refractivity contribution in [1.82, 2.24) is 5.32 Å². The molecule has 0 amide bonds. The van der Waals surface area contributed by atoms with Gasteiger partial charge in [-0.3, -0.25) is 0 Å². The summed E-state index contributed by atoms with van der Waals surface area (Å²) in [6.45, 7) is 3.14. The van der Waals surface area contributed by atoms with Crippen molar-refractivity contribution in [3.8, 4) is 11.5 Å². The smallest absolute Gasteiger partial charge is 0.126 e. The number of likely N-dealkylation sites (N-methyl/N-ethyl adjacent to an activating group) is 1. The van der Waals surface area contributed by atoms with Gasteiger partial charge in [0, 0.05) is 12.6 Å². The number of hydrogen-bond acceptors (Lipinski definition) is 3. The van der Waals surface area contributed by atoms with E-state index in [1.807, 2.05) is 19.2 Å². The van der Waals surface area contributed by atoms with E-state index in [1.54, 1.807) is 14.2 Å². The van der Waals surface area contributed by atoms with Crippen LogP contribution in [0.5, 0.6) is 11.5 Å². The lowest BCUT2D eigenvalue weighted by Gasteiger charge is -2.18. The lowest BCUT2D eigenvalue weighted by molar-refractivity contribution is 0.387. The molecule has 3 heteroatoms. The Labute approximate surface area is 97.8 Å². The van der Waals surface area contributed by atoms with Gasteiger partial charge in [-0.25, -0.2) is 0 Å². The Morgan fingerprint density at radius 3 is 2.50 bits per heavy atom. The molecule has 1 aromatic rings. The molecule has 1 atom stereocenters.